The van der Waals surface area contributed by atoms with Crippen LogP contribution >= 0.6 is 11.6 Å². The normalized spacial score (nSPS) is 12.1. The quantitative estimate of drug-likeness (QED) is 0.744. The van der Waals surface area contributed by atoms with Crippen molar-refractivity contribution >= 4 is 23.3 Å². The van der Waals surface area contributed by atoms with E-state index in [1.165, 1.54) is 0 Å². The van der Waals surface area contributed by atoms with E-state index in [-0.39, 0.29) is 18.4 Å². The van der Waals surface area contributed by atoms with E-state index < -0.39 is 0 Å². The fourth-order valence-corrected chi connectivity index (χ4v) is 1.26. The van der Waals surface area contributed by atoms with Gasteiger partial charge < -0.3 is 11.1 Å². The van der Waals surface area contributed by atoms with E-state index in [1.54, 1.807) is 18.2 Å². The molecule has 3 N–H and O–H groups in total. The highest BCUT2D eigenvalue weighted by Crippen LogP contribution is 2.10. The lowest BCUT2D eigenvalue weighted by atomic mass is 10.2. The van der Waals surface area contributed by atoms with Crippen LogP contribution in [0.15, 0.2) is 18.2 Å². The Bertz CT molecular complexity index is 330. The number of nitrogens with one attached hydrogen (secondary N) is 1. The van der Waals surface area contributed by atoms with Gasteiger partial charge in [-0.3, -0.25) is 4.79 Å². The predicted molar refractivity (Wildman–Crippen MR) is 56.1 cm³/mol. The largest absolute Gasteiger partial charge is 0.370 e. The summed E-state index contributed by atoms with van der Waals surface area (Å²) in [6.07, 6.45) is 0.272. The number of amides is 1. The summed E-state index contributed by atoms with van der Waals surface area (Å²) in [6.45, 7) is 1.85. The van der Waals surface area contributed by atoms with Gasteiger partial charge in [-0.2, -0.15) is 0 Å². The summed E-state index contributed by atoms with van der Waals surface area (Å²) in [7, 11) is 0. The van der Waals surface area contributed by atoms with Gasteiger partial charge in [0.15, 0.2) is 0 Å². The van der Waals surface area contributed by atoms with Crippen LogP contribution in [0.1, 0.15) is 13.3 Å². The van der Waals surface area contributed by atoms with Crippen LogP contribution in [0, 0.1) is 0 Å². The minimum absolute atomic E-state index is 0.0431. The molecule has 0 aliphatic carbocycles. The zero-order chi connectivity index (χ0) is 10.6. The lowest BCUT2D eigenvalue weighted by Crippen LogP contribution is -2.24. The molecule has 5 heteroatoms. The van der Waals surface area contributed by atoms with Crippen LogP contribution in [-0.2, 0) is 4.79 Å². The molecule has 0 spiro atoms. The number of primary amides is 1. The first kappa shape index (κ1) is 10.8. The van der Waals surface area contributed by atoms with Crippen molar-refractivity contribution in [3.63, 3.8) is 0 Å². The van der Waals surface area contributed by atoms with Crippen LogP contribution in [0.5, 0.6) is 0 Å². The fraction of sp³-hybridized carbons (Fsp3) is 0.333. The van der Waals surface area contributed by atoms with Crippen LogP contribution in [0.3, 0.4) is 0 Å². The Kier molecular flexibility index (Phi) is 3.71. The van der Waals surface area contributed by atoms with Crippen LogP contribution in [-0.4, -0.2) is 16.9 Å². The molecule has 76 valence electrons. The van der Waals surface area contributed by atoms with Gasteiger partial charge in [0, 0.05) is 12.5 Å². The maximum absolute atomic E-state index is 10.6. The zero-order valence-corrected chi connectivity index (χ0v) is 8.58. The van der Waals surface area contributed by atoms with E-state index in [2.05, 4.69) is 10.3 Å². The molecule has 1 aromatic heterocycles. The van der Waals surface area contributed by atoms with Crippen molar-refractivity contribution in [2.24, 2.45) is 5.73 Å². The molecule has 1 atom stereocenters. The van der Waals surface area contributed by atoms with Crippen molar-refractivity contribution in [3.8, 4) is 0 Å². The average Bonchev–Trinajstić information content (AvgIpc) is 2.01. The molecular formula is C9H12ClN3O. The van der Waals surface area contributed by atoms with Gasteiger partial charge in [0.25, 0.3) is 0 Å². The maximum atomic E-state index is 10.6. The summed E-state index contributed by atoms with van der Waals surface area (Å²) < 4.78 is 0. The number of rotatable bonds is 4. The molecule has 0 aromatic carbocycles. The molecule has 1 unspecified atom stereocenters. The molecule has 1 amide bonds. The highest BCUT2D eigenvalue weighted by molar-refractivity contribution is 6.29. The van der Waals surface area contributed by atoms with Crippen molar-refractivity contribution in [2.75, 3.05) is 5.32 Å². The number of aromatic nitrogens is 1. The minimum atomic E-state index is -0.341. The number of carbonyl (C=O) groups excluding carboxylic acids is 1. The molecule has 0 radical (unpaired) electrons. The number of nitrogens with zero attached hydrogens (tertiary/aromatic N) is 1. The second kappa shape index (κ2) is 4.81. The third kappa shape index (κ3) is 3.62. The molecule has 0 fully saturated rings. The first-order valence-electron chi connectivity index (χ1n) is 4.25. The SMILES string of the molecule is CC(CC(N)=O)Nc1cccc(Cl)n1. The van der Waals surface area contributed by atoms with E-state index in [9.17, 15) is 4.79 Å². The summed E-state index contributed by atoms with van der Waals surface area (Å²) in [5.41, 5.74) is 5.05. The molecular weight excluding hydrogens is 202 g/mol. The maximum Gasteiger partial charge on any atom is 0.219 e. The summed E-state index contributed by atoms with van der Waals surface area (Å²) in [4.78, 5) is 14.6. The van der Waals surface area contributed by atoms with Crippen molar-refractivity contribution < 1.29 is 4.79 Å². The van der Waals surface area contributed by atoms with Crippen molar-refractivity contribution in [2.45, 2.75) is 19.4 Å². The van der Waals surface area contributed by atoms with Crippen molar-refractivity contribution in [1.29, 1.82) is 0 Å². The van der Waals surface area contributed by atoms with E-state index >= 15 is 0 Å². The molecule has 0 bridgehead atoms. The van der Waals surface area contributed by atoms with E-state index in [1.807, 2.05) is 6.92 Å². The van der Waals surface area contributed by atoms with Crippen LogP contribution in [0.4, 0.5) is 5.82 Å². The predicted octanol–water partition coefficient (Wildman–Crippen LogP) is 1.41. The summed E-state index contributed by atoms with van der Waals surface area (Å²) >= 11 is 5.69. The molecule has 1 aromatic rings. The Morgan fingerprint density at radius 1 is 1.71 bits per heavy atom. The lowest BCUT2D eigenvalue weighted by Gasteiger charge is -2.12. The molecule has 1 heterocycles. The Hall–Kier alpha value is -1.29. The monoisotopic (exact) mass is 213 g/mol. The molecule has 1 rings (SSSR count). The van der Waals surface area contributed by atoms with Crippen LogP contribution < -0.4 is 11.1 Å². The standard InChI is InChI=1S/C9H12ClN3O/c1-6(5-8(11)14)12-9-4-2-3-7(10)13-9/h2-4,6H,5H2,1H3,(H2,11,14)(H,12,13). The zero-order valence-electron chi connectivity index (χ0n) is 7.83. The van der Waals surface area contributed by atoms with Gasteiger partial charge in [-0.25, -0.2) is 4.98 Å². The lowest BCUT2D eigenvalue weighted by molar-refractivity contribution is -0.118. The number of halogens is 1. The summed E-state index contributed by atoms with van der Waals surface area (Å²) in [5, 5.41) is 3.44. The van der Waals surface area contributed by atoms with Crippen molar-refractivity contribution in [3.05, 3.63) is 23.4 Å². The highest BCUT2D eigenvalue weighted by Gasteiger charge is 2.06. The van der Waals surface area contributed by atoms with Gasteiger partial charge in [-0.15, -0.1) is 0 Å². The van der Waals surface area contributed by atoms with E-state index in [4.69, 9.17) is 17.3 Å². The third-order valence-electron chi connectivity index (χ3n) is 1.62. The first-order chi connectivity index (χ1) is 6.58. The van der Waals surface area contributed by atoms with Crippen molar-refractivity contribution in [1.82, 2.24) is 4.98 Å². The molecule has 0 saturated heterocycles. The number of hydrogen-bond donors (Lipinski definition) is 2. The topological polar surface area (TPSA) is 68.0 Å². The number of carbonyl (C=O) groups is 1. The molecule has 0 aliphatic heterocycles. The van der Waals surface area contributed by atoms with Crippen LogP contribution in [0.25, 0.3) is 0 Å². The Labute approximate surface area is 87.5 Å². The molecule has 14 heavy (non-hydrogen) atoms. The first-order valence-corrected chi connectivity index (χ1v) is 4.63. The van der Waals surface area contributed by atoms with Gasteiger partial charge in [0.05, 0.1) is 0 Å². The summed E-state index contributed by atoms with van der Waals surface area (Å²) in [6, 6.07) is 5.21. The number of hydrogen-bond acceptors (Lipinski definition) is 3. The smallest absolute Gasteiger partial charge is 0.219 e. The van der Waals surface area contributed by atoms with E-state index in [0.29, 0.717) is 11.0 Å². The van der Waals surface area contributed by atoms with Crippen LogP contribution in [0.2, 0.25) is 5.15 Å². The molecule has 0 saturated carbocycles. The van der Waals surface area contributed by atoms with Gasteiger partial charge in [-0.1, -0.05) is 17.7 Å². The number of anilines is 1. The van der Waals surface area contributed by atoms with Gasteiger partial charge in [0.1, 0.15) is 11.0 Å². The Balaban J connectivity index is 2.55. The number of nitrogens with two attached hydrogens (primary N) is 1. The third-order valence-corrected chi connectivity index (χ3v) is 1.83. The number of pyridine rings is 1. The van der Waals surface area contributed by atoms with Gasteiger partial charge in [0.2, 0.25) is 5.91 Å². The van der Waals surface area contributed by atoms with Gasteiger partial charge in [-0.05, 0) is 19.1 Å². The highest BCUT2D eigenvalue weighted by atomic mass is 35.5. The molecule has 4 nitrogen and oxygen atoms in total. The Morgan fingerprint density at radius 3 is 3.00 bits per heavy atom. The average molecular weight is 214 g/mol. The Morgan fingerprint density at radius 2 is 2.43 bits per heavy atom. The van der Waals surface area contributed by atoms with E-state index in [0.717, 1.165) is 0 Å². The minimum Gasteiger partial charge on any atom is -0.370 e. The molecule has 0 aliphatic rings. The fourth-order valence-electron chi connectivity index (χ4n) is 1.09. The van der Waals surface area contributed by atoms with Gasteiger partial charge >= 0.3 is 0 Å². The summed E-state index contributed by atoms with van der Waals surface area (Å²) in [5.74, 6) is 0.304. The second-order valence-electron chi connectivity index (χ2n) is 3.06. The second-order valence-corrected chi connectivity index (χ2v) is 3.45.